The van der Waals surface area contributed by atoms with Gasteiger partial charge in [0.05, 0.1) is 22.2 Å². The first-order valence-corrected chi connectivity index (χ1v) is 21.7. The molecular formula is C61H42N2. The first-order valence-electron chi connectivity index (χ1n) is 21.7. The van der Waals surface area contributed by atoms with Gasteiger partial charge in [0.2, 0.25) is 0 Å². The Morgan fingerprint density at radius 2 is 0.746 bits per heavy atom. The zero-order valence-electron chi connectivity index (χ0n) is 35.0. The van der Waals surface area contributed by atoms with Gasteiger partial charge in [-0.3, -0.25) is 0 Å². The SMILES string of the molecule is C=Cc1c(/C=C\C)n(-c2ccccc2)c2cc(-c3cc(-c4ccc5c6ccccc6c6ccccc6c5c4)cc(-c4ccc5c6ccccc6n(-c6ccccc6)c5c4)c3)ccc12. The smallest absolute Gasteiger partial charge is 0.0547 e. The highest BCUT2D eigenvalue weighted by molar-refractivity contribution is 6.25. The Hall–Kier alpha value is -8.20. The molecule has 2 aromatic heterocycles. The molecule has 2 nitrogen and oxygen atoms in total. The molecule has 0 aliphatic heterocycles. The average Bonchev–Trinajstić information content (AvgIpc) is 3.85. The van der Waals surface area contributed by atoms with Crippen LogP contribution in [0.15, 0.2) is 219 Å². The van der Waals surface area contributed by atoms with Crippen molar-refractivity contribution in [2.45, 2.75) is 6.92 Å². The van der Waals surface area contributed by atoms with Crippen LogP contribution in [0, 0.1) is 0 Å². The van der Waals surface area contributed by atoms with Crippen molar-refractivity contribution in [3.05, 3.63) is 230 Å². The monoisotopic (exact) mass is 802 g/mol. The normalized spacial score (nSPS) is 11.9. The van der Waals surface area contributed by atoms with E-state index >= 15 is 0 Å². The van der Waals surface area contributed by atoms with Crippen LogP contribution in [0.1, 0.15) is 18.2 Å². The van der Waals surface area contributed by atoms with Crippen molar-refractivity contribution in [2.24, 2.45) is 0 Å². The maximum Gasteiger partial charge on any atom is 0.0547 e. The van der Waals surface area contributed by atoms with E-state index in [1.54, 1.807) is 0 Å². The molecular weight excluding hydrogens is 761 g/mol. The van der Waals surface area contributed by atoms with Crippen LogP contribution in [0.5, 0.6) is 0 Å². The molecule has 0 saturated carbocycles. The Labute approximate surface area is 366 Å². The topological polar surface area (TPSA) is 9.86 Å². The number of fused-ring (bicyclic) bond motifs is 10. The van der Waals surface area contributed by atoms with Gasteiger partial charge in [-0.15, -0.1) is 0 Å². The lowest BCUT2D eigenvalue weighted by atomic mass is 9.89. The van der Waals surface area contributed by atoms with E-state index < -0.39 is 0 Å². The predicted octanol–water partition coefficient (Wildman–Crippen LogP) is 16.9. The van der Waals surface area contributed by atoms with Crippen molar-refractivity contribution in [3.63, 3.8) is 0 Å². The van der Waals surface area contributed by atoms with Crippen LogP contribution in [0.4, 0.5) is 0 Å². The molecule has 2 heteroatoms. The summed E-state index contributed by atoms with van der Waals surface area (Å²) in [6, 6.07) is 75.9. The molecule has 0 bridgehead atoms. The quantitative estimate of drug-likeness (QED) is 0.142. The van der Waals surface area contributed by atoms with Gasteiger partial charge < -0.3 is 9.13 Å². The summed E-state index contributed by atoms with van der Waals surface area (Å²) in [5.74, 6) is 0. The Bertz CT molecular complexity index is 3770. The molecule has 0 unspecified atom stereocenters. The molecule has 0 spiro atoms. The van der Waals surface area contributed by atoms with Crippen molar-refractivity contribution in [3.8, 4) is 44.8 Å². The minimum Gasteiger partial charge on any atom is -0.309 e. The first-order chi connectivity index (χ1) is 31.2. The van der Waals surface area contributed by atoms with E-state index in [2.05, 4.69) is 241 Å². The van der Waals surface area contributed by atoms with Crippen LogP contribution in [0.2, 0.25) is 0 Å². The fraction of sp³-hybridized carbons (Fsp3) is 0.0164. The second kappa shape index (κ2) is 14.8. The van der Waals surface area contributed by atoms with E-state index in [0.717, 1.165) is 44.8 Å². The van der Waals surface area contributed by atoms with Gasteiger partial charge in [-0.05, 0) is 145 Å². The summed E-state index contributed by atoms with van der Waals surface area (Å²) >= 11 is 0. The molecule has 0 radical (unpaired) electrons. The van der Waals surface area contributed by atoms with Crippen molar-refractivity contribution in [1.29, 1.82) is 0 Å². The fourth-order valence-electron chi connectivity index (χ4n) is 10.1. The van der Waals surface area contributed by atoms with Gasteiger partial charge in [-0.1, -0.05) is 158 Å². The lowest BCUT2D eigenvalue weighted by molar-refractivity contribution is 1.10. The second-order valence-electron chi connectivity index (χ2n) is 16.5. The van der Waals surface area contributed by atoms with Crippen LogP contribution in [0.3, 0.4) is 0 Å². The van der Waals surface area contributed by atoms with Crippen molar-refractivity contribution in [2.75, 3.05) is 0 Å². The summed E-state index contributed by atoms with van der Waals surface area (Å²) in [5, 5.41) is 11.3. The third-order valence-corrected chi connectivity index (χ3v) is 13.0. The average molecular weight is 803 g/mol. The number of allylic oxidation sites excluding steroid dienone is 1. The van der Waals surface area contributed by atoms with Crippen LogP contribution in [-0.4, -0.2) is 9.13 Å². The summed E-state index contributed by atoms with van der Waals surface area (Å²) < 4.78 is 4.78. The minimum absolute atomic E-state index is 1.12. The molecule has 2 heterocycles. The zero-order chi connectivity index (χ0) is 42.0. The number of rotatable bonds is 7. The highest BCUT2D eigenvalue weighted by Gasteiger charge is 2.19. The molecule has 0 aliphatic carbocycles. The third-order valence-electron chi connectivity index (χ3n) is 13.0. The largest absolute Gasteiger partial charge is 0.309 e. The predicted molar refractivity (Wildman–Crippen MR) is 271 cm³/mol. The minimum atomic E-state index is 1.12. The summed E-state index contributed by atoms with van der Waals surface area (Å²) in [4.78, 5) is 0. The molecule has 0 amide bonds. The lowest BCUT2D eigenvalue weighted by Crippen LogP contribution is -1.97. The molecule has 296 valence electrons. The molecule has 63 heavy (non-hydrogen) atoms. The maximum absolute atomic E-state index is 4.27. The van der Waals surface area contributed by atoms with E-state index in [1.165, 1.54) is 76.2 Å². The molecule has 0 atom stereocenters. The number of para-hydroxylation sites is 3. The van der Waals surface area contributed by atoms with Gasteiger partial charge in [-0.2, -0.15) is 0 Å². The summed E-state index contributed by atoms with van der Waals surface area (Å²) in [6.45, 7) is 6.35. The third kappa shape index (κ3) is 5.87. The number of aromatic nitrogens is 2. The molecule has 0 N–H and O–H groups in total. The van der Waals surface area contributed by atoms with Crippen molar-refractivity contribution < 1.29 is 0 Å². The van der Waals surface area contributed by atoms with Crippen LogP contribution in [0.25, 0.3) is 122 Å². The summed E-state index contributed by atoms with van der Waals surface area (Å²) in [5.41, 5.74) is 15.1. The van der Waals surface area contributed by atoms with Crippen LogP contribution < -0.4 is 0 Å². The van der Waals surface area contributed by atoms with E-state index in [0.29, 0.717) is 0 Å². The highest BCUT2D eigenvalue weighted by atomic mass is 15.0. The fourth-order valence-corrected chi connectivity index (χ4v) is 10.1. The summed E-state index contributed by atoms with van der Waals surface area (Å²) in [6.07, 6.45) is 6.30. The Morgan fingerprint density at radius 3 is 1.30 bits per heavy atom. The van der Waals surface area contributed by atoms with E-state index in [9.17, 15) is 0 Å². The first kappa shape index (κ1) is 36.6. The highest BCUT2D eigenvalue weighted by Crippen LogP contribution is 2.42. The number of hydrogen-bond acceptors (Lipinski definition) is 0. The molecule has 0 saturated heterocycles. The Balaban J connectivity index is 1.12. The van der Waals surface area contributed by atoms with E-state index in [4.69, 9.17) is 0 Å². The molecule has 0 fully saturated rings. The number of nitrogens with zero attached hydrogens (tertiary/aromatic N) is 2. The van der Waals surface area contributed by atoms with Crippen LogP contribution in [-0.2, 0) is 0 Å². The Morgan fingerprint density at radius 1 is 0.333 bits per heavy atom. The van der Waals surface area contributed by atoms with E-state index in [1.807, 2.05) is 6.08 Å². The lowest BCUT2D eigenvalue weighted by Gasteiger charge is -2.15. The van der Waals surface area contributed by atoms with Gasteiger partial charge in [-0.25, -0.2) is 0 Å². The second-order valence-corrected chi connectivity index (χ2v) is 16.5. The summed E-state index contributed by atoms with van der Waals surface area (Å²) in [7, 11) is 0. The zero-order valence-corrected chi connectivity index (χ0v) is 35.0. The van der Waals surface area contributed by atoms with Gasteiger partial charge in [0.1, 0.15) is 0 Å². The molecule has 12 rings (SSSR count). The van der Waals surface area contributed by atoms with E-state index in [-0.39, 0.29) is 0 Å². The van der Waals surface area contributed by atoms with Gasteiger partial charge in [0.25, 0.3) is 0 Å². The Kier molecular flexibility index (Phi) is 8.58. The molecule has 0 aliphatic rings. The molecule has 12 aromatic rings. The van der Waals surface area contributed by atoms with Crippen LogP contribution >= 0.6 is 0 Å². The van der Waals surface area contributed by atoms with Gasteiger partial charge in [0.15, 0.2) is 0 Å². The standard InChI is InChI=1S/C61H42N2/c1-3-17-58-48(4-2)55-32-29-41(38-60(55)62(58)46-18-7-5-8-19-46)44-34-43(40-28-31-53-51-24-12-11-22-49(51)50-23-13-14-25-52(50)57(53)37-40)35-45(36-44)42-30-33-56-54-26-15-16-27-59(54)63(61(56)39-42)47-20-9-6-10-21-47/h3-39H,2H2,1H3/b17-3-. The van der Waals surface area contributed by atoms with Gasteiger partial charge >= 0.3 is 0 Å². The van der Waals surface area contributed by atoms with Crippen molar-refractivity contribution >= 4 is 77.2 Å². The maximum atomic E-state index is 4.27. The van der Waals surface area contributed by atoms with Crippen molar-refractivity contribution in [1.82, 2.24) is 9.13 Å². The molecule has 10 aromatic carbocycles. The van der Waals surface area contributed by atoms with Gasteiger partial charge in [0, 0.05) is 33.1 Å². The number of benzene rings is 10. The number of hydrogen-bond donors (Lipinski definition) is 0.